The summed E-state index contributed by atoms with van der Waals surface area (Å²) in [5.74, 6) is -0.956. The van der Waals surface area contributed by atoms with E-state index in [9.17, 15) is 9.59 Å². The lowest BCUT2D eigenvalue weighted by molar-refractivity contribution is -0.143. The molecule has 4 heteroatoms. The Morgan fingerprint density at radius 1 is 1.19 bits per heavy atom. The molecule has 0 heterocycles. The van der Waals surface area contributed by atoms with Crippen LogP contribution in [0.3, 0.4) is 0 Å². The largest absolute Gasteiger partial charge is 0.481 e. The molecule has 1 aliphatic rings. The molecule has 0 saturated heterocycles. The van der Waals surface area contributed by atoms with Crippen molar-refractivity contribution >= 4 is 11.9 Å². The number of carbonyl (C=O) groups is 2. The van der Waals surface area contributed by atoms with Crippen molar-refractivity contribution in [1.29, 1.82) is 0 Å². The SMILES string of the molecule is CC(C(=O)O)C1CCC(CCC(=O)O)CC1. The van der Waals surface area contributed by atoms with Gasteiger partial charge in [0.1, 0.15) is 0 Å². The van der Waals surface area contributed by atoms with Crippen LogP contribution in [0, 0.1) is 17.8 Å². The molecule has 1 aliphatic carbocycles. The van der Waals surface area contributed by atoms with Gasteiger partial charge in [-0.1, -0.05) is 19.8 Å². The van der Waals surface area contributed by atoms with Gasteiger partial charge in [0.25, 0.3) is 0 Å². The van der Waals surface area contributed by atoms with Crippen LogP contribution in [0.1, 0.15) is 45.4 Å². The van der Waals surface area contributed by atoms with Gasteiger partial charge in [-0.15, -0.1) is 0 Å². The van der Waals surface area contributed by atoms with Crippen LogP contribution in [0.5, 0.6) is 0 Å². The van der Waals surface area contributed by atoms with Crippen LogP contribution in [0.4, 0.5) is 0 Å². The molecule has 1 fully saturated rings. The highest BCUT2D eigenvalue weighted by Gasteiger charge is 2.28. The first kappa shape index (κ1) is 13.0. The molecule has 0 amide bonds. The van der Waals surface area contributed by atoms with Crippen LogP contribution in [-0.2, 0) is 9.59 Å². The molecule has 0 spiro atoms. The Labute approximate surface area is 95.7 Å². The van der Waals surface area contributed by atoms with E-state index in [0.717, 1.165) is 32.1 Å². The van der Waals surface area contributed by atoms with Gasteiger partial charge < -0.3 is 10.2 Å². The fourth-order valence-electron chi connectivity index (χ4n) is 2.51. The van der Waals surface area contributed by atoms with E-state index >= 15 is 0 Å². The van der Waals surface area contributed by atoms with Gasteiger partial charge in [0.05, 0.1) is 5.92 Å². The van der Waals surface area contributed by atoms with E-state index in [0.29, 0.717) is 5.92 Å². The molecule has 4 nitrogen and oxygen atoms in total. The van der Waals surface area contributed by atoms with Gasteiger partial charge in [-0.25, -0.2) is 0 Å². The molecule has 2 N–H and O–H groups in total. The van der Waals surface area contributed by atoms with E-state index in [4.69, 9.17) is 10.2 Å². The smallest absolute Gasteiger partial charge is 0.306 e. The minimum absolute atomic E-state index is 0.240. The van der Waals surface area contributed by atoms with Gasteiger partial charge in [-0.05, 0) is 31.1 Å². The molecule has 0 aromatic rings. The first-order chi connectivity index (χ1) is 7.50. The summed E-state index contributed by atoms with van der Waals surface area (Å²) in [7, 11) is 0. The van der Waals surface area contributed by atoms with E-state index in [-0.39, 0.29) is 18.3 Å². The zero-order valence-electron chi connectivity index (χ0n) is 9.69. The lowest BCUT2D eigenvalue weighted by atomic mass is 9.75. The van der Waals surface area contributed by atoms with Crippen molar-refractivity contribution < 1.29 is 19.8 Å². The van der Waals surface area contributed by atoms with E-state index in [1.165, 1.54) is 0 Å². The standard InChI is InChI=1S/C12H20O4/c1-8(12(15)16)10-5-2-9(3-6-10)4-7-11(13)14/h8-10H,2-7H2,1H3,(H,13,14)(H,15,16). The van der Waals surface area contributed by atoms with Crippen molar-refractivity contribution in [2.24, 2.45) is 17.8 Å². The molecule has 1 atom stereocenters. The summed E-state index contributed by atoms with van der Waals surface area (Å²) in [5, 5.41) is 17.5. The second kappa shape index (κ2) is 5.87. The molecule has 0 radical (unpaired) electrons. The minimum atomic E-state index is -0.735. The third-order valence-corrected chi connectivity index (χ3v) is 3.75. The number of hydrogen-bond donors (Lipinski definition) is 2. The summed E-state index contributed by atoms with van der Waals surface area (Å²) >= 11 is 0. The number of carboxylic acid groups (broad SMARTS) is 2. The summed E-state index contributed by atoms with van der Waals surface area (Å²) < 4.78 is 0. The summed E-state index contributed by atoms with van der Waals surface area (Å²) in [6.07, 6.45) is 4.80. The molecule has 1 unspecified atom stereocenters. The maximum atomic E-state index is 10.8. The lowest BCUT2D eigenvalue weighted by Gasteiger charge is -2.30. The predicted octanol–water partition coefficient (Wildman–Crippen LogP) is 2.38. The third kappa shape index (κ3) is 3.83. The number of carboxylic acids is 2. The van der Waals surface area contributed by atoms with E-state index in [1.807, 2.05) is 0 Å². The van der Waals surface area contributed by atoms with Crippen LogP contribution in [0.2, 0.25) is 0 Å². The minimum Gasteiger partial charge on any atom is -0.481 e. The van der Waals surface area contributed by atoms with Gasteiger partial charge in [-0.2, -0.15) is 0 Å². The van der Waals surface area contributed by atoms with Gasteiger partial charge in [0.15, 0.2) is 0 Å². The molecule has 0 aliphatic heterocycles. The summed E-state index contributed by atoms with van der Waals surface area (Å²) in [4.78, 5) is 21.2. The van der Waals surface area contributed by atoms with Crippen molar-refractivity contribution in [3.63, 3.8) is 0 Å². The van der Waals surface area contributed by atoms with Crippen molar-refractivity contribution in [3.8, 4) is 0 Å². The molecule has 92 valence electrons. The van der Waals surface area contributed by atoms with Crippen molar-refractivity contribution in [2.75, 3.05) is 0 Å². The number of aliphatic carboxylic acids is 2. The molecule has 0 aromatic heterocycles. The molecule has 1 rings (SSSR count). The van der Waals surface area contributed by atoms with Crippen LogP contribution >= 0.6 is 0 Å². The van der Waals surface area contributed by atoms with Crippen molar-refractivity contribution in [2.45, 2.75) is 45.4 Å². The number of hydrogen-bond acceptors (Lipinski definition) is 2. The van der Waals surface area contributed by atoms with Crippen molar-refractivity contribution in [1.82, 2.24) is 0 Å². The summed E-state index contributed by atoms with van der Waals surface area (Å²) in [5.41, 5.74) is 0. The van der Waals surface area contributed by atoms with E-state index in [1.54, 1.807) is 6.92 Å². The Bertz CT molecular complexity index is 254. The van der Waals surface area contributed by atoms with Gasteiger partial charge >= 0.3 is 11.9 Å². The first-order valence-electron chi connectivity index (χ1n) is 5.95. The van der Waals surface area contributed by atoms with Crippen LogP contribution in [0.25, 0.3) is 0 Å². The second-order valence-corrected chi connectivity index (χ2v) is 4.84. The van der Waals surface area contributed by atoms with Gasteiger partial charge in [0, 0.05) is 6.42 Å². The fraction of sp³-hybridized carbons (Fsp3) is 0.833. The third-order valence-electron chi connectivity index (χ3n) is 3.75. The van der Waals surface area contributed by atoms with Crippen LogP contribution in [0.15, 0.2) is 0 Å². The van der Waals surface area contributed by atoms with Crippen molar-refractivity contribution in [3.05, 3.63) is 0 Å². The van der Waals surface area contributed by atoms with Crippen LogP contribution in [-0.4, -0.2) is 22.2 Å². The molecule has 0 bridgehead atoms. The molecule has 16 heavy (non-hydrogen) atoms. The molecule has 1 saturated carbocycles. The zero-order valence-corrected chi connectivity index (χ0v) is 9.69. The molecular formula is C12H20O4. The Kier molecular flexibility index (Phi) is 4.77. The highest BCUT2D eigenvalue weighted by atomic mass is 16.4. The van der Waals surface area contributed by atoms with E-state index in [2.05, 4.69) is 0 Å². The van der Waals surface area contributed by atoms with Gasteiger partial charge in [0.2, 0.25) is 0 Å². The highest BCUT2D eigenvalue weighted by Crippen LogP contribution is 2.35. The zero-order chi connectivity index (χ0) is 12.1. The fourth-order valence-corrected chi connectivity index (χ4v) is 2.51. The Morgan fingerprint density at radius 3 is 2.19 bits per heavy atom. The maximum absolute atomic E-state index is 10.8. The second-order valence-electron chi connectivity index (χ2n) is 4.84. The Morgan fingerprint density at radius 2 is 1.75 bits per heavy atom. The topological polar surface area (TPSA) is 74.6 Å². The van der Waals surface area contributed by atoms with Gasteiger partial charge in [-0.3, -0.25) is 9.59 Å². The average molecular weight is 228 g/mol. The van der Waals surface area contributed by atoms with Crippen LogP contribution < -0.4 is 0 Å². The summed E-state index contributed by atoms with van der Waals surface area (Å²) in [6, 6.07) is 0. The lowest BCUT2D eigenvalue weighted by Crippen LogP contribution is -2.25. The highest BCUT2D eigenvalue weighted by molar-refractivity contribution is 5.69. The quantitative estimate of drug-likeness (QED) is 0.757. The monoisotopic (exact) mass is 228 g/mol. The average Bonchev–Trinajstić information content (AvgIpc) is 2.26. The Hall–Kier alpha value is -1.06. The normalized spacial score (nSPS) is 27.3. The Balaban J connectivity index is 2.28. The predicted molar refractivity (Wildman–Crippen MR) is 59.1 cm³/mol. The first-order valence-corrected chi connectivity index (χ1v) is 5.95. The van der Waals surface area contributed by atoms with E-state index < -0.39 is 11.9 Å². The molecular weight excluding hydrogens is 208 g/mol. The maximum Gasteiger partial charge on any atom is 0.306 e. The molecule has 0 aromatic carbocycles. The number of rotatable bonds is 5. The summed E-state index contributed by atoms with van der Waals surface area (Å²) in [6.45, 7) is 1.77.